The smallest absolute Gasteiger partial charge is 0.172 e. The molecule has 1 rings (SSSR count). The summed E-state index contributed by atoms with van der Waals surface area (Å²) >= 11 is 5.43. The second kappa shape index (κ2) is 5.52. The molecule has 0 N–H and O–H groups in total. The van der Waals surface area contributed by atoms with Gasteiger partial charge >= 0.3 is 0 Å². The van der Waals surface area contributed by atoms with E-state index in [4.69, 9.17) is 11.6 Å². The molecule has 0 nitrogen and oxygen atoms in total. The zero-order valence-corrected chi connectivity index (χ0v) is 10.1. The molecule has 0 heterocycles. The predicted molar refractivity (Wildman–Crippen MR) is 62.7 cm³/mol. The van der Waals surface area contributed by atoms with Crippen LogP contribution in [0.2, 0.25) is 0 Å². The Morgan fingerprint density at radius 3 is 2.27 bits per heavy atom. The fourth-order valence-electron chi connectivity index (χ4n) is 1.10. The lowest BCUT2D eigenvalue weighted by atomic mass is 10.2. The van der Waals surface area contributed by atoms with Crippen molar-refractivity contribution in [1.82, 2.24) is 0 Å². The van der Waals surface area contributed by atoms with Gasteiger partial charge in [-0.05, 0) is 19.1 Å². The normalized spacial score (nSPS) is 12.3. The maximum Gasteiger partial charge on any atom is 0.289 e. The minimum Gasteiger partial charge on any atom is -0.172 e. The Morgan fingerprint density at radius 1 is 1.27 bits per heavy atom. The number of halogens is 3. The van der Waals surface area contributed by atoms with Crippen molar-refractivity contribution in [3.8, 4) is 0 Å². The fraction of sp³-hybridized carbons (Fsp3) is 0.273. The van der Waals surface area contributed by atoms with Gasteiger partial charge in [-0.3, -0.25) is 0 Å². The van der Waals surface area contributed by atoms with Gasteiger partial charge < -0.3 is 0 Å². The van der Waals surface area contributed by atoms with Crippen LogP contribution >= 0.6 is 11.6 Å². The molecular weight excluding hydrogens is 238 g/mol. The highest BCUT2D eigenvalue weighted by atomic mass is 35.5. The second-order valence-electron chi connectivity index (χ2n) is 3.26. The summed E-state index contributed by atoms with van der Waals surface area (Å²) in [6.07, 6.45) is 0.138. The largest absolute Gasteiger partial charge is 0.289 e. The summed E-state index contributed by atoms with van der Waals surface area (Å²) in [5.74, 6) is 0.215. The molecule has 0 aliphatic carbocycles. The van der Waals surface area contributed by atoms with E-state index in [1.165, 1.54) is 0 Å². The molecule has 0 fully saturated rings. The SMILES string of the molecule is Cc1ccc([S+](C)CC(Cl)=C(F)F)cc1. The van der Waals surface area contributed by atoms with Crippen LogP contribution in [0, 0.1) is 6.92 Å². The molecule has 0 spiro atoms. The van der Waals surface area contributed by atoms with Crippen molar-refractivity contribution in [2.45, 2.75) is 11.8 Å². The van der Waals surface area contributed by atoms with Crippen LogP contribution in [0.15, 0.2) is 40.3 Å². The molecule has 1 aromatic carbocycles. The Balaban J connectivity index is 2.73. The second-order valence-corrected chi connectivity index (χ2v) is 5.75. The summed E-state index contributed by atoms with van der Waals surface area (Å²) in [7, 11) is -0.262. The molecule has 0 amide bonds. The van der Waals surface area contributed by atoms with Crippen molar-refractivity contribution in [3.05, 3.63) is 40.9 Å². The molecule has 4 heteroatoms. The van der Waals surface area contributed by atoms with Crippen LogP contribution in [0.1, 0.15) is 5.56 Å². The maximum atomic E-state index is 12.1. The van der Waals surface area contributed by atoms with E-state index in [9.17, 15) is 8.78 Å². The first-order valence-electron chi connectivity index (χ1n) is 4.39. The molecular formula is C11H12ClF2S+. The third kappa shape index (κ3) is 3.84. The Morgan fingerprint density at radius 2 is 1.80 bits per heavy atom. The van der Waals surface area contributed by atoms with Gasteiger partial charge in [0.1, 0.15) is 11.3 Å². The fourth-order valence-corrected chi connectivity index (χ4v) is 2.85. The summed E-state index contributed by atoms with van der Waals surface area (Å²) in [5, 5.41) is -0.332. The van der Waals surface area contributed by atoms with Crippen molar-refractivity contribution < 1.29 is 8.78 Å². The molecule has 0 saturated carbocycles. The van der Waals surface area contributed by atoms with Crippen LogP contribution in [-0.4, -0.2) is 12.0 Å². The van der Waals surface area contributed by atoms with Crippen molar-refractivity contribution in [3.63, 3.8) is 0 Å². The van der Waals surface area contributed by atoms with E-state index in [-0.39, 0.29) is 21.7 Å². The van der Waals surface area contributed by atoms with Gasteiger partial charge in [-0.25, -0.2) is 0 Å². The first-order valence-corrected chi connectivity index (χ1v) is 6.57. The van der Waals surface area contributed by atoms with Crippen LogP contribution in [0.25, 0.3) is 0 Å². The zero-order valence-electron chi connectivity index (χ0n) is 8.56. The van der Waals surface area contributed by atoms with Crippen LogP contribution < -0.4 is 0 Å². The lowest BCUT2D eigenvalue weighted by Crippen LogP contribution is -2.06. The molecule has 1 aromatic rings. The number of hydrogen-bond donors (Lipinski definition) is 0. The molecule has 0 bridgehead atoms. The first kappa shape index (κ1) is 12.5. The van der Waals surface area contributed by atoms with Crippen LogP contribution in [0.5, 0.6) is 0 Å². The number of aryl methyl sites for hydroxylation is 1. The van der Waals surface area contributed by atoms with Crippen LogP contribution in [-0.2, 0) is 10.9 Å². The van der Waals surface area contributed by atoms with E-state index in [0.717, 1.165) is 10.5 Å². The van der Waals surface area contributed by atoms with Crippen LogP contribution in [0.3, 0.4) is 0 Å². The third-order valence-corrected chi connectivity index (χ3v) is 4.21. The van der Waals surface area contributed by atoms with Crippen molar-refractivity contribution >= 4 is 22.5 Å². The quantitative estimate of drug-likeness (QED) is 0.712. The van der Waals surface area contributed by atoms with Gasteiger partial charge in [0.25, 0.3) is 6.08 Å². The van der Waals surface area contributed by atoms with Gasteiger partial charge in [0.05, 0.1) is 0 Å². The van der Waals surface area contributed by atoms with Gasteiger partial charge in [-0.2, -0.15) is 8.78 Å². The number of benzene rings is 1. The summed E-state index contributed by atoms with van der Waals surface area (Å²) in [6.45, 7) is 1.99. The molecule has 15 heavy (non-hydrogen) atoms. The Labute approximate surface area is 96.3 Å². The average molecular weight is 250 g/mol. The van der Waals surface area contributed by atoms with E-state index in [1.54, 1.807) is 0 Å². The lowest BCUT2D eigenvalue weighted by molar-refractivity contribution is 0.418. The predicted octanol–water partition coefficient (Wildman–Crippen LogP) is 3.95. The highest BCUT2D eigenvalue weighted by molar-refractivity contribution is 7.96. The standard InChI is InChI=1S/C11H12ClF2S/c1-8-3-5-9(6-4-8)15(2)7-10(12)11(13)14/h3-6H,7H2,1-2H3/q+1. The maximum absolute atomic E-state index is 12.1. The highest BCUT2D eigenvalue weighted by Crippen LogP contribution is 2.20. The van der Waals surface area contributed by atoms with E-state index in [0.29, 0.717) is 0 Å². The van der Waals surface area contributed by atoms with Gasteiger partial charge in [-0.1, -0.05) is 29.3 Å². The van der Waals surface area contributed by atoms with Gasteiger partial charge in [-0.15, -0.1) is 0 Å². The van der Waals surface area contributed by atoms with Crippen molar-refractivity contribution in [2.24, 2.45) is 0 Å². The Hall–Kier alpha value is -0.540. The van der Waals surface area contributed by atoms with E-state index < -0.39 is 6.08 Å². The summed E-state index contributed by atoms with van der Waals surface area (Å²) in [6, 6.07) is 7.86. The first-order chi connectivity index (χ1) is 7.00. The highest BCUT2D eigenvalue weighted by Gasteiger charge is 2.19. The lowest BCUT2D eigenvalue weighted by Gasteiger charge is -2.02. The average Bonchev–Trinajstić information content (AvgIpc) is 2.18. The molecule has 0 aliphatic rings. The van der Waals surface area contributed by atoms with Crippen molar-refractivity contribution in [2.75, 3.05) is 12.0 Å². The van der Waals surface area contributed by atoms with Gasteiger partial charge in [0.15, 0.2) is 10.6 Å². The third-order valence-electron chi connectivity index (χ3n) is 1.97. The summed E-state index contributed by atoms with van der Waals surface area (Å²) < 4.78 is 24.2. The molecule has 1 atom stereocenters. The molecule has 0 aromatic heterocycles. The molecule has 0 radical (unpaired) electrons. The molecule has 82 valence electrons. The van der Waals surface area contributed by atoms with E-state index in [1.807, 2.05) is 37.4 Å². The topological polar surface area (TPSA) is 0 Å². The number of rotatable bonds is 3. The van der Waals surface area contributed by atoms with E-state index in [2.05, 4.69) is 0 Å². The Bertz CT molecular complexity index is 355. The van der Waals surface area contributed by atoms with Crippen LogP contribution in [0.4, 0.5) is 8.78 Å². The minimum absolute atomic E-state index is 0.215. The van der Waals surface area contributed by atoms with Crippen molar-refractivity contribution in [1.29, 1.82) is 0 Å². The molecule has 0 aliphatic heterocycles. The van der Waals surface area contributed by atoms with Gasteiger partial charge in [0, 0.05) is 10.9 Å². The molecule has 0 saturated heterocycles. The monoisotopic (exact) mass is 249 g/mol. The molecule has 1 unspecified atom stereocenters. The summed E-state index contributed by atoms with van der Waals surface area (Å²) in [5.41, 5.74) is 1.16. The van der Waals surface area contributed by atoms with E-state index >= 15 is 0 Å². The zero-order chi connectivity index (χ0) is 11.4. The Kier molecular flexibility index (Phi) is 4.61. The minimum atomic E-state index is -1.77. The van der Waals surface area contributed by atoms with Gasteiger partial charge in [0.2, 0.25) is 0 Å². The summed E-state index contributed by atoms with van der Waals surface area (Å²) in [4.78, 5) is 1.06. The number of hydrogen-bond acceptors (Lipinski definition) is 0.